The summed E-state index contributed by atoms with van der Waals surface area (Å²) in [4.78, 5) is 9.10. The summed E-state index contributed by atoms with van der Waals surface area (Å²) in [7, 11) is 0. The monoisotopic (exact) mass is 291 g/mol. The minimum absolute atomic E-state index is 0.0490. The van der Waals surface area contributed by atoms with Crippen molar-refractivity contribution in [2.75, 3.05) is 32.7 Å². The summed E-state index contributed by atoms with van der Waals surface area (Å²) in [5.41, 5.74) is 6.91. The number of aromatic nitrogens is 1. The number of rotatable bonds is 6. The highest BCUT2D eigenvalue weighted by Gasteiger charge is 2.25. The molecule has 3 N–H and O–H groups in total. The summed E-state index contributed by atoms with van der Waals surface area (Å²) >= 11 is 0. The van der Waals surface area contributed by atoms with Gasteiger partial charge in [0.05, 0.1) is 6.04 Å². The molecule has 116 valence electrons. The third kappa shape index (κ3) is 4.41. The van der Waals surface area contributed by atoms with E-state index in [0.29, 0.717) is 5.84 Å². The average Bonchev–Trinajstić information content (AvgIpc) is 2.55. The first kappa shape index (κ1) is 15.7. The van der Waals surface area contributed by atoms with Crippen molar-refractivity contribution in [3.8, 4) is 0 Å². The van der Waals surface area contributed by atoms with E-state index in [9.17, 15) is 0 Å². The molecule has 1 aliphatic rings. The highest BCUT2D eigenvalue weighted by atomic mass is 16.4. The minimum atomic E-state index is 0.0490. The number of piperazine rings is 1. The van der Waals surface area contributed by atoms with Crippen molar-refractivity contribution in [1.29, 1.82) is 0 Å². The van der Waals surface area contributed by atoms with Crippen LogP contribution >= 0.6 is 0 Å². The maximum Gasteiger partial charge on any atom is 0.156 e. The molecule has 0 bridgehead atoms. The molecular weight excluding hydrogens is 266 g/mol. The molecule has 1 aliphatic heterocycles. The molecule has 1 unspecified atom stereocenters. The van der Waals surface area contributed by atoms with Crippen LogP contribution in [0.15, 0.2) is 29.6 Å². The van der Waals surface area contributed by atoms with Crippen LogP contribution in [0.1, 0.15) is 19.0 Å². The van der Waals surface area contributed by atoms with Crippen molar-refractivity contribution in [3.63, 3.8) is 0 Å². The van der Waals surface area contributed by atoms with Crippen LogP contribution in [0, 0.1) is 0 Å². The second-order valence-corrected chi connectivity index (χ2v) is 5.40. The molecule has 6 heteroatoms. The maximum absolute atomic E-state index is 8.85. The van der Waals surface area contributed by atoms with Gasteiger partial charge in [-0.1, -0.05) is 18.1 Å². The highest BCUT2D eigenvalue weighted by molar-refractivity contribution is 5.85. The Morgan fingerprint density at radius 2 is 2.14 bits per heavy atom. The lowest BCUT2D eigenvalue weighted by atomic mass is 10.1. The minimum Gasteiger partial charge on any atom is -0.409 e. The number of hydrogen-bond acceptors (Lipinski definition) is 5. The molecule has 0 spiro atoms. The van der Waals surface area contributed by atoms with Gasteiger partial charge in [-0.2, -0.15) is 0 Å². The van der Waals surface area contributed by atoms with Crippen molar-refractivity contribution in [2.24, 2.45) is 10.9 Å². The van der Waals surface area contributed by atoms with Crippen LogP contribution in [0.3, 0.4) is 0 Å². The molecule has 0 aliphatic carbocycles. The molecule has 1 saturated heterocycles. The van der Waals surface area contributed by atoms with E-state index in [1.165, 1.54) is 0 Å². The Balaban J connectivity index is 1.78. The molecule has 6 nitrogen and oxygen atoms in total. The van der Waals surface area contributed by atoms with E-state index in [1.54, 1.807) is 0 Å². The van der Waals surface area contributed by atoms with Gasteiger partial charge in [0.15, 0.2) is 5.84 Å². The van der Waals surface area contributed by atoms with Gasteiger partial charge >= 0.3 is 0 Å². The standard InChI is InChI=1S/C15H25N5O/c1-2-14(15(16)18-21)20-11-9-19(10-12-20)8-6-13-5-3-4-7-17-13/h3-5,7,14,21H,2,6,8-12H2,1H3,(H2,16,18). The van der Waals surface area contributed by atoms with Gasteiger partial charge in [0.25, 0.3) is 0 Å². The average molecular weight is 291 g/mol. The first-order chi connectivity index (χ1) is 10.2. The van der Waals surface area contributed by atoms with Gasteiger partial charge in [-0.3, -0.25) is 9.88 Å². The second kappa shape index (κ2) is 7.95. The van der Waals surface area contributed by atoms with Crippen LogP contribution in [0.25, 0.3) is 0 Å². The van der Waals surface area contributed by atoms with Crippen LogP contribution in [-0.2, 0) is 6.42 Å². The first-order valence-electron chi connectivity index (χ1n) is 7.58. The maximum atomic E-state index is 8.85. The first-order valence-corrected chi connectivity index (χ1v) is 7.58. The zero-order chi connectivity index (χ0) is 15.1. The normalized spacial score (nSPS) is 19.6. The Hall–Kier alpha value is -1.66. The number of pyridine rings is 1. The molecule has 0 amide bonds. The Morgan fingerprint density at radius 3 is 2.71 bits per heavy atom. The third-order valence-electron chi connectivity index (χ3n) is 4.10. The molecule has 2 rings (SSSR count). The van der Waals surface area contributed by atoms with Gasteiger partial charge in [-0.25, -0.2) is 0 Å². The predicted octanol–water partition coefficient (Wildman–Crippen LogP) is 0.767. The van der Waals surface area contributed by atoms with Crippen LogP contribution < -0.4 is 5.73 Å². The number of nitrogens with zero attached hydrogens (tertiary/aromatic N) is 4. The van der Waals surface area contributed by atoms with Gasteiger partial charge in [-0.05, 0) is 18.6 Å². The Kier molecular flexibility index (Phi) is 5.95. The summed E-state index contributed by atoms with van der Waals surface area (Å²) in [6, 6.07) is 6.10. The third-order valence-corrected chi connectivity index (χ3v) is 4.10. The molecule has 1 fully saturated rings. The molecule has 21 heavy (non-hydrogen) atoms. The second-order valence-electron chi connectivity index (χ2n) is 5.40. The lowest BCUT2D eigenvalue weighted by molar-refractivity contribution is 0.115. The Morgan fingerprint density at radius 1 is 1.38 bits per heavy atom. The van der Waals surface area contributed by atoms with Crippen LogP contribution in [0.2, 0.25) is 0 Å². The lowest BCUT2D eigenvalue weighted by Gasteiger charge is -2.38. The van der Waals surface area contributed by atoms with E-state index < -0.39 is 0 Å². The van der Waals surface area contributed by atoms with Crippen molar-refractivity contribution in [1.82, 2.24) is 14.8 Å². The fourth-order valence-corrected chi connectivity index (χ4v) is 2.84. The van der Waals surface area contributed by atoms with E-state index in [1.807, 2.05) is 18.3 Å². The lowest BCUT2D eigenvalue weighted by Crippen LogP contribution is -2.54. The van der Waals surface area contributed by atoms with E-state index in [-0.39, 0.29) is 6.04 Å². The van der Waals surface area contributed by atoms with Crippen molar-refractivity contribution < 1.29 is 5.21 Å². The van der Waals surface area contributed by atoms with Gasteiger partial charge in [0.1, 0.15) is 0 Å². The molecule has 2 heterocycles. The van der Waals surface area contributed by atoms with Gasteiger partial charge in [0, 0.05) is 51.0 Å². The van der Waals surface area contributed by atoms with Gasteiger partial charge < -0.3 is 15.8 Å². The number of hydrogen-bond donors (Lipinski definition) is 2. The predicted molar refractivity (Wildman–Crippen MR) is 83.4 cm³/mol. The summed E-state index contributed by atoms with van der Waals surface area (Å²) in [5, 5.41) is 12.0. The molecule has 0 saturated carbocycles. The molecule has 1 aromatic rings. The zero-order valence-corrected chi connectivity index (χ0v) is 12.6. The molecule has 1 atom stereocenters. The van der Waals surface area contributed by atoms with Crippen molar-refractivity contribution >= 4 is 5.84 Å². The highest BCUT2D eigenvalue weighted by Crippen LogP contribution is 2.10. The smallest absolute Gasteiger partial charge is 0.156 e. The topological polar surface area (TPSA) is 78.0 Å². The number of nitrogens with two attached hydrogens (primary N) is 1. The quantitative estimate of drug-likeness (QED) is 0.350. The van der Waals surface area contributed by atoms with Gasteiger partial charge in [-0.15, -0.1) is 0 Å². The molecule has 1 aromatic heterocycles. The summed E-state index contributed by atoms with van der Waals surface area (Å²) in [6.07, 6.45) is 3.69. The Bertz CT molecular complexity index is 443. The molecular formula is C15H25N5O. The largest absolute Gasteiger partial charge is 0.409 e. The van der Waals surface area contributed by atoms with Crippen LogP contribution in [0.5, 0.6) is 0 Å². The fraction of sp³-hybridized carbons (Fsp3) is 0.600. The summed E-state index contributed by atoms with van der Waals surface area (Å²) < 4.78 is 0. The van der Waals surface area contributed by atoms with Crippen molar-refractivity contribution in [2.45, 2.75) is 25.8 Å². The summed E-state index contributed by atoms with van der Waals surface area (Å²) in [6.45, 7) is 7.04. The zero-order valence-electron chi connectivity index (χ0n) is 12.6. The van der Waals surface area contributed by atoms with Crippen LogP contribution in [-0.4, -0.2) is 64.6 Å². The number of amidine groups is 1. The van der Waals surface area contributed by atoms with Crippen LogP contribution in [0.4, 0.5) is 0 Å². The summed E-state index contributed by atoms with van der Waals surface area (Å²) in [5.74, 6) is 0.319. The van der Waals surface area contributed by atoms with E-state index >= 15 is 0 Å². The molecule has 0 aromatic carbocycles. The van der Waals surface area contributed by atoms with E-state index in [4.69, 9.17) is 10.9 Å². The molecule has 0 radical (unpaired) electrons. The van der Waals surface area contributed by atoms with E-state index in [2.05, 4.69) is 32.9 Å². The fourth-order valence-electron chi connectivity index (χ4n) is 2.84. The number of oxime groups is 1. The Labute approximate surface area is 126 Å². The SMILES string of the molecule is CCC(C(N)=NO)N1CCN(CCc2ccccn2)CC1. The van der Waals surface area contributed by atoms with E-state index in [0.717, 1.165) is 51.3 Å². The van der Waals surface area contributed by atoms with Gasteiger partial charge in [0.2, 0.25) is 0 Å². The van der Waals surface area contributed by atoms with Crippen molar-refractivity contribution in [3.05, 3.63) is 30.1 Å².